The summed E-state index contributed by atoms with van der Waals surface area (Å²) in [7, 11) is 0. The van der Waals surface area contributed by atoms with Crippen LogP contribution in [0.5, 0.6) is 0 Å². The van der Waals surface area contributed by atoms with Crippen molar-refractivity contribution in [2.45, 2.75) is 12.5 Å². The predicted octanol–water partition coefficient (Wildman–Crippen LogP) is -0.214. The number of carboxylic acid groups (broad SMARTS) is 1. The van der Waals surface area contributed by atoms with Crippen molar-refractivity contribution in [3.05, 3.63) is 29.8 Å². The van der Waals surface area contributed by atoms with Crippen LogP contribution in [0.1, 0.15) is 16.8 Å². The summed E-state index contributed by atoms with van der Waals surface area (Å²) in [6.07, 6.45) is 0.901. The molecule has 1 amide bonds. The Labute approximate surface area is 96.1 Å². The molecule has 0 aliphatic carbocycles. The molecule has 0 aromatic carbocycles. The number of aliphatic hydroxyl groups excluding tert-OH is 1. The van der Waals surface area contributed by atoms with Crippen molar-refractivity contribution in [2.24, 2.45) is 0 Å². The number of halogens is 1. The first kappa shape index (κ1) is 13.0. The lowest BCUT2D eigenvalue weighted by Gasteiger charge is -2.12. The number of hydrogen-bond acceptors (Lipinski definition) is 4. The van der Waals surface area contributed by atoms with Crippen molar-refractivity contribution in [3.63, 3.8) is 0 Å². The normalized spacial score (nSPS) is 11.9. The molecule has 0 saturated heterocycles. The van der Waals surface area contributed by atoms with E-state index < -0.39 is 23.9 Å². The second-order valence-electron chi connectivity index (χ2n) is 3.25. The number of carbonyl (C=O) groups excluding carboxylic acids is 1. The molecular formula is C10H11FN2O4. The van der Waals surface area contributed by atoms with Crippen LogP contribution < -0.4 is 5.32 Å². The zero-order chi connectivity index (χ0) is 12.8. The number of pyridine rings is 1. The number of aliphatic carboxylic acids is 1. The lowest BCUT2D eigenvalue weighted by Crippen LogP contribution is -2.41. The summed E-state index contributed by atoms with van der Waals surface area (Å²) in [5.74, 6) is -2.66. The molecule has 1 atom stereocenters. The van der Waals surface area contributed by atoms with Gasteiger partial charge in [0.25, 0.3) is 5.91 Å². The Morgan fingerprint density at radius 1 is 1.47 bits per heavy atom. The minimum Gasteiger partial charge on any atom is -0.480 e. The second kappa shape index (κ2) is 5.90. The van der Waals surface area contributed by atoms with E-state index in [9.17, 15) is 14.0 Å². The number of nitrogens with zero attached hydrogens (tertiary/aromatic N) is 1. The van der Waals surface area contributed by atoms with Crippen LogP contribution in [0.3, 0.4) is 0 Å². The van der Waals surface area contributed by atoms with Crippen LogP contribution in [0, 0.1) is 5.95 Å². The molecule has 1 rings (SSSR count). The molecule has 0 radical (unpaired) electrons. The Hall–Kier alpha value is -2.02. The van der Waals surface area contributed by atoms with Crippen molar-refractivity contribution in [2.75, 3.05) is 6.61 Å². The molecule has 92 valence electrons. The van der Waals surface area contributed by atoms with Gasteiger partial charge >= 0.3 is 5.97 Å². The summed E-state index contributed by atoms with van der Waals surface area (Å²) in [6, 6.07) is 1.00. The predicted molar refractivity (Wildman–Crippen MR) is 54.8 cm³/mol. The highest BCUT2D eigenvalue weighted by Gasteiger charge is 2.20. The summed E-state index contributed by atoms with van der Waals surface area (Å²) in [5.41, 5.74) is 0.0515. The molecule has 0 aliphatic rings. The van der Waals surface area contributed by atoms with E-state index in [1.54, 1.807) is 0 Å². The van der Waals surface area contributed by atoms with Crippen LogP contribution in [0.25, 0.3) is 0 Å². The van der Waals surface area contributed by atoms with Crippen molar-refractivity contribution in [1.29, 1.82) is 0 Å². The van der Waals surface area contributed by atoms with E-state index >= 15 is 0 Å². The van der Waals surface area contributed by atoms with Crippen LogP contribution in [-0.2, 0) is 4.79 Å². The van der Waals surface area contributed by atoms with E-state index in [-0.39, 0.29) is 18.6 Å². The van der Waals surface area contributed by atoms with Crippen LogP contribution in [-0.4, -0.2) is 39.7 Å². The zero-order valence-corrected chi connectivity index (χ0v) is 8.76. The molecular weight excluding hydrogens is 231 g/mol. The van der Waals surface area contributed by atoms with Gasteiger partial charge in [-0.3, -0.25) is 4.79 Å². The molecule has 0 bridgehead atoms. The first-order valence-electron chi connectivity index (χ1n) is 4.80. The first-order valence-corrected chi connectivity index (χ1v) is 4.80. The second-order valence-corrected chi connectivity index (χ2v) is 3.25. The monoisotopic (exact) mass is 242 g/mol. The molecule has 0 spiro atoms. The van der Waals surface area contributed by atoms with Crippen LogP contribution >= 0.6 is 0 Å². The number of carboxylic acids is 1. The Kier molecular flexibility index (Phi) is 4.53. The number of aromatic nitrogens is 1. The maximum atomic E-state index is 12.5. The molecule has 0 aliphatic heterocycles. The zero-order valence-electron chi connectivity index (χ0n) is 8.76. The maximum Gasteiger partial charge on any atom is 0.326 e. The highest BCUT2D eigenvalue weighted by Crippen LogP contribution is 2.01. The van der Waals surface area contributed by atoms with Crippen molar-refractivity contribution in [1.82, 2.24) is 10.3 Å². The molecule has 1 heterocycles. The average molecular weight is 242 g/mol. The third-order valence-corrected chi connectivity index (χ3v) is 2.01. The van der Waals surface area contributed by atoms with Gasteiger partial charge in [0.05, 0.1) is 5.56 Å². The van der Waals surface area contributed by atoms with Crippen LogP contribution in [0.4, 0.5) is 4.39 Å². The van der Waals surface area contributed by atoms with Gasteiger partial charge in [-0.2, -0.15) is 4.39 Å². The Bertz CT molecular complexity index is 407. The Morgan fingerprint density at radius 2 is 2.18 bits per heavy atom. The minimum absolute atomic E-state index is 0.0515. The van der Waals surface area contributed by atoms with Gasteiger partial charge in [0, 0.05) is 19.2 Å². The highest BCUT2D eigenvalue weighted by molar-refractivity contribution is 5.96. The summed E-state index contributed by atoms with van der Waals surface area (Å²) >= 11 is 0. The van der Waals surface area contributed by atoms with Gasteiger partial charge < -0.3 is 15.5 Å². The van der Waals surface area contributed by atoms with E-state index in [1.165, 1.54) is 6.07 Å². The van der Waals surface area contributed by atoms with Crippen molar-refractivity contribution < 1.29 is 24.2 Å². The van der Waals surface area contributed by atoms with Gasteiger partial charge in [0.1, 0.15) is 6.04 Å². The number of hydrogen-bond donors (Lipinski definition) is 3. The highest BCUT2D eigenvalue weighted by atomic mass is 19.1. The average Bonchev–Trinajstić information content (AvgIpc) is 2.29. The summed E-state index contributed by atoms with van der Waals surface area (Å²) in [5, 5.41) is 19.6. The SMILES string of the molecule is O=C(N[C@H](CCO)C(=O)O)c1ccc(F)nc1. The number of nitrogens with one attached hydrogen (secondary N) is 1. The third-order valence-electron chi connectivity index (χ3n) is 2.01. The molecule has 1 aromatic heterocycles. The largest absolute Gasteiger partial charge is 0.480 e. The van der Waals surface area contributed by atoms with Crippen LogP contribution in [0.2, 0.25) is 0 Å². The smallest absolute Gasteiger partial charge is 0.326 e. The third kappa shape index (κ3) is 3.80. The van der Waals surface area contributed by atoms with Crippen molar-refractivity contribution >= 4 is 11.9 Å². The quantitative estimate of drug-likeness (QED) is 0.620. The molecule has 17 heavy (non-hydrogen) atoms. The van der Waals surface area contributed by atoms with Crippen molar-refractivity contribution in [3.8, 4) is 0 Å². The lowest BCUT2D eigenvalue weighted by molar-refractivity contribution is -0.139. The number of aliphatic hydroxyl groups is 1. The Balaban J connectivity index is 2.70. The first-order chi connectivity index (χ1) is 8.04. The molecule has 6 nitrogen and oxygen atoms in total. The molecule has 0 saturated carbocycles. The van der Waals surface area contributed by atoms with E-state index in [0.29, 0.717) is 0 Å². The maximum absolute atomic E-state index is 12.5. The topological polar surface area (TPSA) is 99.5 Å². The minimum atomic E-state index is -1.25. The molecule has 1 aromatic rings. The molecule has 7 heteroatoms. The van der Waals surface area contributed by atoms with Crippen LogP contribution in [0.15, 0.2) is 18.3 Å². The standard InChI is InChI=1S/C10H11FN2O4/c11-8-2-1-6(5-12-8)9(15)13-7(3-4-14)10(16)17/h1-2,5,7,14H,3-4H2,(H,13,15)(H,16,17)/t7-/m1/s1. The summed E-state index contributed by atoms with van der Waals surface area (Å²) in [4.78, 5) is 25.5. The fraction of sp³-hybridized carbons (Fsp3) is 0.300. The fourth-order valence-corrected chi connectivity index (χ4v) is 1.14. The van der Waals surface area contributed by atoms with Gasteiger partial charge in [-0.1, -0.05) is 0 Å². The van der Waals surface area contributed by atoms with Gasteiger partial charge in [-0.25, -0.2) is 9.78 Å². The Morgan fingerprint density at radius 3 is 2.65 bits per heavy atom. The lowest BCUT2D eigenvalue weighted by atomic mass is 10.2. The van der Waals surface area contributed by atoms with E-state index in [1.807, 2.05) is 0 Å². The van der Waals surface area contributed by atoms with E-state index in [4.69, 9.17) is 10.2 Å². The number of rotatable bonds is 5. The summed E-state index contributed by atoms with van der Waals surface area (Å²) < 4.78 is 12.5. The summed E-state index contributed by atoms with van der Waals surface area (Å²) in [6.45, 7) is -0.362. The molecule has 0 fully saturated rings. The molecule has 3 N–H and O–H groups in total. The van der Waals surface area contributed by atoms with Gasteiger partial charge in [-0.15, -0.1) is 0 Å². The van der Waals surface area contributed by atoms with E-state index in [0.717, 1.165) is 12.3 Å². The van der Waals surface area contributed by atoms with Gasteiger partial charge in [0.15, 0.2) is 0 Å². The fourth-order valence-electron chi connectivity index (χ4n) is 1.14. The number of amides is 1. The molecule has 0 unspecified atom stereocenters. The van der Waals surface area contributed by atoms with Gasteiger partial charge in [-0.05, 0) is 12.1 Å². The van der Waals surface area contributed by atoms with E-state index in [2.05, 4.69) is 10.3 Å². The van der Waals surface area contributed by atoms with Gasteiger partial charge in [0.2, 0.25) is 5.95 Å². The number of carbonyl (C=O) groups is 2.